The summed E-state index contributed by atoms with van der Waals surface area (Å²) in [4.78, 5) is 5.70. The minimum absolute atomic E-state index is 0.822. The monoisotopic (exact) mass is 313 g/mol. The Morgan fingerprint density at radius 1 is 1.47 bits per heavy atom. The number of aromatic nitrogens is 2. The van der Waals surface area contributed by atoms with Crippen LogP contribution >= 0.6 is 27.3 Å². The first-order valence-electron chi connectivity index (χ1n) is 5.73. The Morgan fingerprint density at radius 3 is 3.06 bits per heavy atom. The molecule has 2 heterocycles. The molecule has 0 atom stereocenters. The third-order valence-corrected chi connectivity index (χ3v) is 4.17. The van der Waals surface area contributed by atoms with Crippen molar-refractivity contribution in [3.8, 4) is 0 Å². The average Bonchev–Trinajstić information content (AvgIpc) is 2.90. The van der Waals surface area contributed by atoms with Crippen molar-refractivity contribution in [3.63, 3.8) is 0 Å². The second-order valence-electron chi connectivity index (χ2n) is 3.87. The van der Waals surface area contributed by atoms with Gasteiger partial charge in [0.2, 0.25) is 0 Å². The fraction of sp³-hybridized carbons (Fsp3) is 0.417. The summed E-state index contributed by atoms with van der Waals surface area (Å²) in [5, 5.41) is 5.53. The molecule has 2 aromatic heterocycles. The number of imidazole rings is 1. The van der Waals surface area contributed by atoms with E-state index in [1.807, 2.05) is 12.4 Å². The van der Waals surface area contributed by atoms with Crippen LogP contribution < -0.4 is 5.32 Å². The van der Waals surface area contributed by atoms with Gasteiger partial charge in [0.25, 0.3) is 0 Å². The smallest absolute Gasteiger partial charge is 0.122 e. The zero-order valence-electron chi connectivity index (χ0n) is 9.82. The highest BCUT2D eigenvalue weighted by molar-refractivity contribution is 9.10. The fourth-order valence-corrected chi connectivity index (χ4v) is 3.12. The number of aryl methyl sites for hydroxylation is 1. The van der Waals surface area contributed by atoms with Gasteiger partial charge >= 0.3 is 0 Å². The quantitative estimate of drug-likeness (QED) is 0.885. The van der Waals surface area contributed by atoms with Gasteiger partial charge in [-0.3, -0.25) is 0 Å². The first-order chi connectivity index (χ1) is 8.29. The lowest BCUT2D eigenvalue weighted by Gasteiger charge is -2.06. The van der Waals surface area contributed by atoms with Crippen molar-refractivity contribution >= 4 is 27.3 Å². The van der Waals surface area contributed by atoms with E-state index in [1.54, 1.807) is 11.3 Å². The van der Waals surface area contributed by atoms with Crippen LogP contribution in [0, 0.1) is 0 Å². The van der Waals surface area contributed by atoms with Crippen molar-refractivity contribution in [3.05, 3.63) is 39.0 Å². The number of rotatable bonds is 6. The number of hydrogen-bond donors (Lipinski definition) is 1. The Kier molecular flexibility index (Phi) is 4.76. The van der Waals surface area contributed by atoms with E-state index < -0.39 is 0 Å². The van der Waals surface area contributed by atoms with E-state index in [0.717, 1.165) is 36.4 Å². The summed E-state index contributed by atoms with van der Waals surface area (Å²) in [7, 11) is 0. The molecule has 0 saturated carbocycles. The highest BCUT2D eigenvalue weighted by Gasteiger charge is 2.02. The first-order valence-corrected chi connectivity index (χ1v) is 7.40. The minimum Gasteiger partial charge on any atom is -0.334 e. The number of nitrogens with one attached hydrogen (secondary N) is 1. The van der Waals surface area contributed by atoms with Crippen LogP contribution in [0.5, 0.6) is 0 Å². The maximum atomic E-state index is 4.37. The van der Waals surface area contributed by atoms with E-state index in [9.17, 15) is 0 Å². The van der Waals surface area contributed by atoms with Crippen LogP contribution in [0.1, 0.15) is 24.0 Å². The molecule has 0 amide bonds. The summed E-state index contributed by atoms with van der Waals surface area (Å²) in [6.45, 7) is 4.94. The van der Waals surface area contributed by atoms with Gasteiger partial charge in [0.1, 0.15) is 5.82 Å². The van der Waals surface area contributed by atoms with Gasteiger partial charge in [-0.25, -0.2) is 4.98 Å². The topological polar surface area (TPSA) is 29.9 Å². The lowest BCUT2D eigenvalue weighted by molar-refractivity contribution is 0.590. The Labute approximate surface area is 114 Å². The zero-order chi connectivity index (χ0) is 12.1. The molecule has 2 rings (SSSR count). The summed E-state index contributed by atoms with van der Waals surface area (Å²) < 4.78 is 3.36. The van der Waals surface area contributed by atoms with E-state index in [-0.39, 0.29) is 0 Å². The number of thiophene rings is 1. The molecule has 17 heavy (non-hydrogen) atoms. The molecule has 3 nitrogen and oxygen atoms in total. The highest BCUT2D eigenvalue weighted by Crippen LogP contribution is 2.19. The molecule has 0 radical (unpaired) electrons. The molecule has 0 aliphatic carbocycles. The molecule has 0 unspecified atom stereocenters. The van der Waals surface area contributed by atoms with Gasteiger partial charge < -0.3 is 9.88 Å². The fourth-order valence-electron chi connectivity index (χ4n) is 1.70. The molecule has 0 saturated heterocycles. The summed E-state index contributed by atoms with van der Waals surface area (Å²) >= 11 is 5.23. The van der Waals surface area contributed by atoms with Crippen LogP contribution in [-0.2, 0) is 19.6 Å². The van der Waals surface area contributed by atoms with Gasteiger partial charge in [0, 0.05) is 40.2 Å². The SMILES string of the molecule is CCCn1ccnc1CNCc1cc(Br)cs1. The van der Waals surface area contributed by atoms with Crippen molar-refractivity contribution in [1.29, 1.82) is 0 Å². The molecule has 1 N–H and O–H groups in total. The predicted molar refractivity (Wildman–Crippen MR) is 75.1 cm³/mol. The van der Waals surface area contributed by atoms with E-state index >= 15 is 0 Å². The van der Waals surface area contributed by atoms with Crippen LogP contribution in [0.15, 0.2) is 28.3 Å². The normalized spacial score (nSPS) is 10.9. The Hall–Kier alpha value is -0.650. The summed E-state index contributed by atoms with van der Waals surface area (Å²) in [6, 6.07) is 2.15. The number of nitrogens with zero attached hydrogens (tertiary/aromatic N) is 2. The Balaban J connectivity index is 1.83. The van der Waals surface area contributed by atoms with E-state index in [0.29, 0.717) is 0 Å². The van der Waals surface area contributed by atoms with Gasteiger partial charge in [-0.15, -0.1) is 11.3 Å². The molecule has 0 aromatic carbocycles. The van der Waals surface area contributed by atoms with Crippen molar-refractivity contribution < 1.29 is 0 Å². The standard InChI is InChI=1S/C12H16BrN3S/c1-2-4-16-5-3-15-12(16)8-14-7-11-6-10(13)9-17-11/h3,5-6,9,14H,2,4,7-8H2,1H3. The third kappa shape index (κ3) is 3.66. The summed E-state index contributed by atoms with van der Waals surface area (Å²) in [5.41, 5.74) is 0. The van der Waals surface area contributed by atoms with Gasteiger partial charge in [-0.05, 0) is 28.4 Å². The Morgan fingerprint density at radius 2 is 2.35 bits per heavy atom. The average molecular weight is 314 g/mol. The lowest BCUT2D eigenvalue weighted by Crippen LogP contribution is -2.16. The number of hydrogen-bond acceptors (Lipinski definition) is 3. The molecule has 5 heteroatoms. The van der Waals surface area contributed by atoms with E-state index in [1.165, 1.54) is 4.88 Å². The van der Waals surface area contributed by atoms with Gasteiger partial charge in [-0.1, -0.05) is 6.92 Å². The van der Waals surface area contributed by atoms with Crippen molar-refractivity contribution in [2.75, 3.05) is 0 Å². The first kappa shape index (κ1) is 12.8. The molecule has 0 aliphatic rings. The number of halogens is 1. The second kappa shape index (κ2) is 6.33. The molecular formula is C12H16BrN3S. The van der Waals surface area contributed by atoms with E-state index in [2.05, 4.69) is 49.2 Å². The molecular weight excluding hydrogens is 298 g/mol. The van der Waals surface area contributed by atoms with Gasteiger partial charge in [0.05, 0.1) is 6.54 Å². The lowest BCUT2D eigenvalue weighted by atomic mass is 10.4. The van der Waals surface area contributed by atoms with Crippen molar-refractivity contribution in [2.45, 2.75) is 33.0 Å². The van der Waals surface area contributed by atoms with Gasteiger partial charge in [0.15, 0.2) is 0 Å². The van der Waals surface area contributed by atoms with Crippen LogP contribution in [0.2, 0.25) is 0 Å². The molecule has 0 bridgehead atoms. The minimum atomic E-state index is 0.822. The van der Waals surface area contributed by atoms with Crippen LogP contribution in [0.4, 0.5) is 0 Å². The second-order valence-corrected chi connectivity index (χ2v) is 5.78. The summed E-state index contributed by atoms with van der Waals surface area (Å²) in [6.07, 6.45) is 5.05. The molecule has 0 fully saturated rings. The zero-order valence-corrected chi connectivity index (χ0v) is 12.2. The van der Waals surface area contributed by atoms with Crippen molar-refractivity contribution in [1.82, 2.24) is 14.9 Å². The van der Waals surface area contributed by atoms with Crippen LogP contribution in [0.3, 0.4) is 0 Å². The third-order valence-electron chi connectivity index (χ3n) is 2.47. The molecule has 0 aliphatic heterocycles. The predicted octanol–water partition coefficient (Wildman–Crippen LogP) is 3.41. The Bertz CT molecular complexity index is 464. The van der Waals surface area contributed by atoms with E-state index in [4.69, 9.17) is 0 Å². The van der Waals surface area contributed by atoms with Crippen LogP contribution in [-0.4, -0.2) is 9.55 Å². The molecule has 2 aromatic rings. The summed E-state index contributed by atoms with van der Waals surface area (Å²) in [5.74, 6) is 1.11. The molecule has 92 valence electrons. The maximum Gasteiger partial charge on any atom is 0.122 e. The van der Waals surface area contributed by atoms with Crippen LogP contribution in [0.25, 0.3) is 0 Å². The van der Waals surface area contributed by atoms with Gasteiger partial charge in [-0.2, -0.15) is 0 Å². The highest BCUT2D eigenvalue weighted by atomic mass is 79.9. The molecule has 0 spiro atoms. The largest absolute Gasteiger partial charge is 0.334 e. The maximum absolute atomic E-state index is 4.37. The van der Waals surface area contributed by atoms with Crippen molar-refractivity contribution in [2.24, 2.45) is 0 Å².